The summed E-state index contributed by atoms with van der Waals surface area (Å²) in [5.74, 6) is -0.592. The molecule has 0 spiro atoms. The van der Waals surface area contributed by atoms with Crippen LogP contribution in [0.5, 0.6) is 0 Å². The fourth-order valence-corrected chi connectivity index (χ4v) is 5.29. The van der Waals surface area contributed by atoms with E-state index in [-0.39, 0.29) is 12.0 Å². The van der Waals surface area contributed by atoms with Gasteiger partial charge in [0, 0.05) is 35.7 Å². The zero-order valence-corrected chi connectivity index (χ0v) is 23.3. The van der Waals surface area contributed by atoms with Gasteiger partial charge in [-0.25, -0.2) is 4.98 Å². The zero-order valence-electron chi connectivity index (χ0n) is 23.3. The third-order valence-electron chi connectivity index (χ3n) is 7.79. The largest absolute Gasteiger partial charge is 0.378 e. The topological polar surface area (TPSA) is 149 Å². The minimum absolute atomic E-state index is 0.154. The van der Waals surface area contributed by atoms with Gasteiger partial charge in [0.25, 0.3) is 0 Å². The van der Waals surface area contributed by atoms with E-state index in [0.717, 1.165) is 24.1 Å². The Hall–Kier alpha value is -5.64. The molecule has 43 heavy (non-hydrogen) atoms. The molecular formula is C31H26BFN10. The summed E-state index contributed by atoms with van der Waals surface area (Å²) in [6.45, 7) is 0. The second kappa shape index (κ2) is 11.3. The van der Waals surface area contributed by atoms with Crippen molar-refractivity contribution in [3.05, 3.63) is 107 Å². The van der Waals surface area contributed by atoms with E-state index in [2.05, 4.69) is 49.8 Å². The Morgan fingerprint density at radius 2 is 1.84 bits per heavy atom. The molecule has 0 saturated heterocycles. The summed E-state index contributed by atoms with van der Waals surface area (Å²) >= 11 is 0. The lowest BCUT2D eigenvalue weighted by Crippen LogP contribution is -2.45. The molecule has 10 nitrogen and oxygen atoms in total. The van der Waals surface area contributed by atoms with Crippen molar-refractivity contribution in [2.45, 2.75) is 36.8 Å². The number of hydrazine groups is 2. The van der Waals surface area contributed by atoms with Crippen molar-refractivity contribution < 1.29 is 4.39 Å². The van der Waals surface area contributed by atoms with Crippen LogP contribution in [0.15, 0.2) is 78.9 Å². The van der Waals surface area contributed by atoms with Crippen LogP contribution in [-0.2, 0) is 5.44 Å². The molecule has 6 rings (SSSR count). The molecule has 3 heterocycles. The van der Waals surface area contributed by atoms with Gasteiger partial charge in [-0.3, -0.25) is 9.99 Å². The van der Waals surface area contributed by atoms with Crippen molar-refractivity contribution in [2.75, 3.05) is 10.6 Å². The highest BCUT2D eigenvalue weighted by atomic mass is 19.1. The lowest BCUT2D eigenvalue weighted by molar-refractivity contribution is 0.260. The summed E-state index contributed by atoms with van der Waals surface area (Å²) in [5.41, 5.74) is 9.89. The quantitative estimate of drug-likeness (QED) is 0.174. The molecule has 2 aromatic heterocycles. The van der Waals surface area contributed by atoms with Crippen LogP contribution in [0.25, 0.3) is 10.9 Å². The van der Waals surface area contributed by atoms with Gasteiger partial charge in [0.1, 0.15) is 20.0 Å². The van der Waals surface area contributed by atoms with Gasteiger partial charge < -0.3 is 16.1 Å². The van der Waals surface area contributed by atoms with Crippen LogP contribution < -0.4 is 21.6 Å². The second-order valence-electron chi connectivity index (χ2n) is 10.7. The summed E-state index contributed by atoms with van der Waals surface area (Å²) in [7, 11) is 1.94. The molecule has 4 N–H and O–H groups in total. The lowest BCUT2D eigenvalue weighted by atomic mass is 9.70. The maximum atomic E-state index is 13.8. The molecule has 1 aliphatic carbocycles. The van der Waals surface area contributed by atoms with Crippen molar-refractivity contribution in [2.24, 2.45) is 0 Å². The highest BCUT2D eigenvalue weighted by Gasteiger charge is 2.38. The Morgan fingerprint density at radius 3 is 2.51 bits per heavy atom. The van der Waals surface area contributed by atoms with Gasteiger partial charge in [-0.05, 0) is 42.2 Å². The lowest BCUT2D eigenvalue weighted by Gasteiger charge is -2.33. The fourth-order valence-electron chi connectivity index (χ4n) is 5.29. The first-order valence-corrected chi connectivity index (χ1v) is 13.8. The van der Waals surface area contributed by atoms with Crippen LogP contribution in [0.4, 0.5) is 15.8 Å². The first-order valence-electron chi connectivity index (χ1n) is 13.8. The van der Waals surface area contributed by atoms with Gasteiger partial charge in [0.2, 0.25) is 5.95 Å². The molecule has 210 valence electrons. The molecule has 2 aliphatic rings. The minimum atomic E-state index is -0.932. The van der Waals surface area contributed by atoms with E-state index >= 15 is 0 Å². The third kappa shape index (κ3) is 5.38. The maximum absolute atomic E-state index is 13.8. The highest BCUT2D eigenvalue weighted by molar-refractivity contribution is 6.19. The molecule has 1 aliphatic heterocycles. The Kier molecular flexibility index (Phi) is 7.25. The van der Waals surface area contributed by atoms with Crippen molar-refractivity contribution in [1.82, 2.24) is 25.9 Å². The number of benzene rings is 2. The number of hydrogen-bond donors (Lipinski definition) is 4. The standard InChI is InChI=1S/C31H26BFN10/c32-31(22-6-9-28(33)37-17-22,27-18-43(42-41-27)24-7-8-24)40-23-12-20(14-35)29-25(13-23)30(21(15-36)16-38-29)39-26(10-11-34)19-4-2-1-3-5-19/h1-6,9,12-13,16-18,24,26,40-42H,7-8,10,32H2,(H,38,39)/t26-,31?/m1/s1. The van der Waals surface area contributed by atoms with Crippen LogP contribution in [0, 0.1) is 39.9 Å². The van der Waals surface area contributed by atoms with Crippen molar-refractivity contribution >= 4 is 30.1 Å². The molecule has 0 amide bonds. The summed E-state index contributed by atoms with van der Waals surface area (Å²) in [6.07, 6.45) is 7.21. The minimum Gasteiger partial charge on any atom is -0.378 e. The highest BCUT2D eigenvalue weighted by Crippen LogP contribution is 2.38. The second-order valence-corrected chi connectivity index (χ2v) is 10.7. The number of fused-ring (bicyclic) bond motifs is 1. The molecule has 12 heteroatoms. The molecule has 0 radical (unpaired) electrons. The Morgan fingerprint density at radius 1 is 1.05 bits per heavy atom. The van der Waals surface area contributed by atoms with E-state index < -0.39 is 17.4 Å². The van der Waals surface area contributed by atoms with Gasteiger partial charge >= 0.3 is 0 Å². The first kappa shape index (κ1) is 27.5. The smallest absolute Gasteiger partial charge is 0.212 e. The van der Waals surface area contributed by atoms with Gasteiger partial charge in [-0.1, -0.05) is 36.4 Å². The van der Waals surface area contributed by atoms with E-state index in [0.29, 0.717) is 39.4 Å². The van der Waals surface area contributed by atoms with Crippen molar-refractivity contribution in [3.63, 3.8) is 0 Å². The summed E-state index contributed by atoms with van der Waals surface area (Å²) < 4.78 is 13.8. The van der Waals surface area contributed by atoms with Crippen molar-refractivity contribution in [3.8, 4) is 18.2 Å². The molecular weight excluding hydrogens is 542 g/mol. The average molecular weight is 568 g/mol. The number of halogens is 1. The number of nitrogens with zero attached hydrogens (tertiary/aromatic N) is 6. The summed E-state index contributed by atoms with van der Waals surface area (Å²) in [5, 5.41) is 39.3. The number of aromatic nitrogens is 2. The number of hydrogen-bond acceptors (Lipinski definition) is 10. The van der Waals surface area contributed by atoms with E-state index in [1.54, 1.807) is 12.1 Å². The van der Waals surface area contributed by atoms with Gasteiger partial charge in [-0.2, -0.15) is 20.2 Å². The van der Waals surface area contributed by atoms with Crippen molar-refractivity contribution in [1.29, 1.82) is 15.8 Å². The number of pyridine rings is 2. The first-order chi connectivity index (χ1) is 20.9. The third-order valence-corrected chi connectivity index (χ3v) is 7.79. The fraction of sp³-hybridized carbons (Fsp3) is 0.194. The normalized spacial score (nSPS) is 16.1. The Balaban J connectivity index is 1.47. The van der Waals surface area contributed by atoms with E-state index in [4.69, 9.17) is 0 Å². The van der Waals surface area contributed by atoms with Crippen LogP contribution >= 0.6 is 0 Å². The van der Waals surface area contributed by atoms with E-state index in [1.165, 1.54) is 18.5 Å². The Bertz CT molecular complexity index is 1840. The van der Waals surface area contributed by atoms with Gasteiger partial charge in [0.15, 0.2) is 0 Å². The molecule has 1 unspecified atom stereocenters. The number of nitrogens with one attached hydrogen (secondary N) is 4. The molecule has 1 fully saturated rings. The predicted octanol–water partition coefficient (Wildman–Crippen LogP) is 3.81. The maximum Gasteiger partial charge on any atom is 0.212 e. The number of anilines is 2. The predicted molar refractivity (Wildman–Crippen MR) is 161 cm³/mol. The van der Waals surface area contributed by atoms with Crippen LogP contribution in [0.1, 0.15) is 47.6 Å². The summed E-state index contributed by atoms with van der Waals surface area (Å²) in [4.78, 5) is 8.35. The average Bonchev–Trinajstić information content (AvgIpc) is 3.76. The summed E-state index contributed by atoms with van der Waals surface area (Å²) in [6, 6.07) is 22.7. The molecule has 0 bridgehead atoms. The monoisotopic (exact) mass is 568 g/mol. The molecule has 1 saturated carbocycles. The van der Waals surface area contributed by atoms with Gasteiger partial charge in [0.05, 0.1) is 52.0 Å². The van der Waals surface area contributed by atoms with Crippen LogP contribution in [0.2, 0.25) is 0 Å². The SMILES string of the molecule is BC(Nc1cc(C#N)c2ncc(C#N)c(N[C@H](CC#N)c3ccccc3)c2c1)(C1=CN(C2CC2)NN1)c1ccc(F)nc1. The van der Waals surface area contributed by atoms with Crippen LogP contribution in [0.3, 0.4) is 0 Å². The number of nitriles is 3. The zero-order chi connectivity index (χ0) is 30.0. The molecule has 2 aromatic carbocycles. The molecule has 4 aromatic rings. The van der Waals surface area contributed by atoms with Gasteiger partial charge in [-0.15, -0.1) is 5.53 Å². The molecule has 2 atom stereocenters. The Labute approximate surface area is 248 Å². The van der Waals surface area contributed by atoms with E-state index in [9.17, 15) is 20.2 Å². The number of rotatable bonds is 9. The van der Waals surface area contributed by atoms with Crippen LogP contribution in [-0.4, -0.2) is 28.9 Å². The van der Waals surface area contributed by atoms with E-state index in [1.807, 2.05) is 55.5 Å².